The number of halogens is 1. The highest BCUT2D eigenvalue weighted by Crippen LogP contribution is 2.32. The first-order valence-corrected chi connectivity index (χ1v) is 5.78. The molecule has 0 spiro atoms. The van der Waals surface area contributed by atoms with E-state index < -0.39 is 10.7 Å². The van der Waals surface area contributed by atoms with Gasteiger partial charge in [-0.1, -0.05) is 0 Å². The van der Waals surface area contributed by atoms with E-state index in [0.29, 0.717) is 17.1 Å². The molecule has 0 unspecified atom stereocenters. The third-order valence-electron chi connectivity index (χ3n) is 2.64. The molecule has 0 aliphatic rings. The third kappa shape index (κ3) is 2.82. The van der Waals surface area contributed by atoms with Crippen LogP contribution in [-0.4, -0.2) is 17.0 Å². The number of aryl methyl sites for hydroxylation is 1. The second-order valence-electron chi connectivity index (χ2n) is 4.04. The van der Waals surface area contributed by atoms with Crippen LogP contribution in [0.4, 0.5) is 15.9 Å². The van der Waals surface area contributed by atoms with Crippen molar-refractivity contribution in [2.45, 2.75) is 6.92 Å². The summed E-state index contributed by atoms with van der Waals surface area (Å²) in [5.74, 6) is 0.207. The summed E-state index contributed by atoms with van der Waals surface area (Å²) in [5.41, 5.74) is 0.267. The van der Waals surface area contributed by atoms with Crippen molar-refractivity contribution in [3.63, 3.8) is 0 Å². The standard InChI is InChI=1S/C13H12FN3O3/c1-8-7-9(14)3-5-11(8)20-13-10(17(18)19)4-6-12(15-2)16-13/h3-7H,1-2H3,(H,15,16). The van der Waals surface area contributed by atoms with Crippen molar-refractivity contribution >= 4 is 11.5 Å². The number of aromatic nitrogens is 1. The smallest absolute Gasteiger partial charge is 0.331 e. The Morgan fingerprint density at radius 1 is 1.35 bits per heavy atom. The number of benzene rings is 1. The van der Waals surface area contributed by atoms with E-state index in [1.807, 2.05) is 0 Å². The summed E-state index contributed by atoms with van der Waals surface area (Å²) < 4.78 is 18.5. The van der Waals surface area contributed by atoms with Gasteiger partial charge in [0.2, 0.25) is 0 Å². The van der Waals surface area contributed by atoms with Crippen LogP contribution in [0.5, 0.6) is 11.6 Å². The summed E-state index contributed by atoms with van der Waals surface area (Å²) in [5, 5.41) is 13.7. The van der Waals surface area contributed by atoms with Crippen molar-refractivity contribution < 1.29 is 14.1 Å². The molecule has 0 saturated heterocycles. The van der Waals surface area contributed by atoms with E-state index >= 15 is 0 Å². The molecule has 6 nitrogen and oxygen atoms in total. The maximum atomic E-state index is 13.0. The molecule has 1 aromatic carbocycles. The Morgan fingerprint density at radius 2 is 2.10 bits per heavy atom. The molecule has 0 radical (unpaired) electrons. The molecule has 104 valence electrons. The second kappa shape index (κ2) is 5.52. The number of ether oxygens (including phenoxy) is 1. The van der Waals surface area contributed by atoms with Gasteiger partial charge in [-0.15, -0.1) is 0 Å². The van der Waals surface area contributed by atoms with Crippen molar-refractivity contribution in [3.8, 4) is 11.6 Å². The fraction of sp³-hybridized carbons (Fsp3) is 0.154. The van der Waals surface area contributed by atoms with Crippen LogP contribution in [0.25, 0.3) is 0 Å². The first-order valence-electron chi connectivity index (χ1n) is 5.78. The molecule has 1 heterocycles. The van der Waals surface area contributed by atoms with Gasteiger partial charge in [0.15, 0.2) is 0 Å². The number of pyridine rings is 1. The predicted octanol–water partition coefficient (Wildman–Crippen LogP) is 3.27. The van der Waals surface area contributed by atoms with Crippen LogP contribution < -0.4 is 10.1 Å². The number of anilines is 1. The monoisotopic (exact) mass is 277 g/mol. The van der Waals surface area contributed by atoms with Gasteiger partial charge in [0.1, 0.15) is 17.4 Å². The van der Waals surface area contributed by atoms with E-state index in [-0.39, 0.29) is 11.6 Å². The lowest BCUT2D eigenvalue weighted by molar-refractivity contribution is -0.386. The molecule has 0 bridgehead atoms. The average molecular weight is 277 g/mol. The molecular formula is C13H12FN3O3. The Bertz CT molecular complexity index is 661. The Labute approximate surface area is 114 Å². The summed E-state index contributed by atoms with van der Waals surface area (Å²) in [6, 6.07) is 6.68. The van der Waals surface area contributed by atoms with Crippen LogP contribution >= 0.6 is 0 Å². The summed E-state index contributed by atoms with van der Waals surface area (Å²) in [6.07, 6.45) is 0. The highest BCUT2D eigenvalue weighted by Gasteiger charge is 2.19. The van der Waals surface area contributed by atoms with Crippen molar-refractivity contribution in [1.29, 1.82) is 0 Å². The van der Waals surface area contributed by atoms with Gasteiger partial charge >= 0.3 is 11.6 Å². The lowest BCUT2D eigenvalue weighted by atomic mass is 10.2. The summed E-state index contributed by atoms with van der Waals surface area (Å²) in [7, 11) is 1.64. The summed E-state index contributed by atoms with van der Waals surface area (Å²) >= 11 is 0. The summed E-state index contributed by atoms with van der Waals surface area (Å²) in [6.45, 7) is 1.65. The fourth-order valence-corrected chi connectivity index (χ4v) is 1.62. The van der Waals surface area contributed by atoms with Crippen LogP contribution in [0, 0.1) is 22.9 Å². The molecule has 0 aliphatic heterocycles. The van der Waals surface area contributed by atoms with Crippen LogP contribution in [-0.2, 0) is 0 Å². The fourth-order valence-electron chi connectivity index (χ4n) is 1.62. The zero-order chi connectivity index (χ0) is 14.7. The normalized spacial score (nSPS) is 10.2. The van der Waals surface area contributed by atoms with Gasteiger partial charge in [0, 0.05) is 13.1 Å². The highest BCUT2D eigenvalue weighted by atomic mass is 19.1. The molecule has 20 heavy (non-hydrogen) atoms. The molecular weight excluding hydrogens is 265 g/mol. The van der Waals surface area contributed by atoms with Crippen LogP contribution in [0.2, 0.25) is 0 Å². The van der Waals surface area contributed by atoms with Crippen molar-refractivity contribution in [1.82, 2.24) is 4.98 Å². The molecule has 0 amide bonds. The molecule has 0 aliphatic carbocycles. The maximum absolute atomic E-state index is 13.0. The SMILES string of the molecule is CNc1ccc([N+](=O)[O-])c(Oc2ccc(F)cc2C)n1. The Hall–Kier alpha value is -2.70. The van der Waals surface area contributed by atoms with E-state index in [0.717, 1.165) is 0 Å². The lowest BCUT2D eigenvalue weighted by Crippen LogP contribution is -2.00. The molecule has 2 rings (SSSR count). The Kier molecular flexibility index (Phi) is 3.79. The van der Waals surface area contributed by atoms with Gasteiger partial charge in [-0.25, -0.2) is 4.39 Å². The third-order valence-corrected chi connectivity index (χ3v) is 2.64. The zero-order valence-electron chi connectivity index (χ0n) is 10.9. The van der Waals surface area contributed by atoms with Gasteiger partial charge in [-0.05, 0) is 36.8 Å². The number of nitrogens with zero attached hydrogens (tertiary/aromatic N) is 2. The molecule has 0 fully saturated rings. The van der Waals surface area contributed by atoms with Gasteiger partial charge in [0.05, 0.1) is 4.92 Å². The number of hydrogen-bond donors (Lipinski definition) is 1. The highest BCUT2D eigenvalue weighted by molar-refractivity contribution is 5.50. The van der Waals surface area contributed by atoms with Crippen molar-refractivity contribution in [2.75, 3.05) is 12.4 Å². The van der Waals surface area contributed by atoms with Gasteiger partial charge in [-0.3, -0.25) is 10.1 Å². The van der Waals surface area contributed by atoms with E-state index in [9.17, 15) is 14.5 Å². The number of rotatable bonds is 4. The second-order valence-corrected chi connectivity index (χ2v) is 4.04. The Morgan fingerprint density at radius 3 is 2.70 bits per heavy atom. The zero-order valence-corrected chi connectivity index (χ0v) is 10.9. The minimum absolute atomic E-state index is 0.142. The topological polar surface area (TPSA) is 77.3 Å². The molecule has 1 aromatic heterocycles. The predicted molar refractivity (Wildman–Crippen MR) is 71.6 cm³/mol. The minimum Gasteiger partial charge on any atom is -0.433 e. The van der Waals surface area contributed by atoms with E-state index in [1.165, 1.54) is 30.3 Å². The minimum atomic E-state index is -0.583. The molecule has 0 atom stereocenters. The number of nitro groups is 1. The van der Waals surface area contributed by atoms with Crippen LogP contribution in [0.3, 0.4) is 0 Å². The molecule has 1 N–H and O–H groups in total. The first kappa shape index (κ1) is 13.7. The van der Waals surface area contributed by atoms with Crippen LogP contribution in [0.1, 0.15) is 5.56 Å². The molecule has 2 aromatic rings. The lowest BCUT2D eigenvalue weighted by Gasteiger charge is -2.09. The van der Waals surface area contributed by atoms with Crippen molar-refractivity contribution in [2.24, 2.45) is 0 Å². The maximum Gasteiger partial charge on any atom is 0.331 e. The number of nitrogens with one attached hydrogen (secondary N) is 1. The largest absolute Gasteiger partial charge is 0.433 e. The van der Waals surface area contributed by atoms with Gasteiger partial charge in [0.25, 0.3) is 0 Å². The van der Waals surface area contributed by atoms with E-state index in [2.05, 4.69) is 10.3 Å². The molecule has 0 saturated carbocycles. The molecule has 7 heteroatoms. The van der Waals surface area contributed by atoms with Crippen molar-refractivity contribution in [3.05, 3.63) is 51.8 Å². The van der Waals surface area contributed by atoms with Gasteiger partial charge < -0.3 is 10.1 Å². The number of hydrogen-bond acceptors (Lipinski definition) is 5. The van der Waals surface area contributed by atoms with E-state index in [4.69, 9.17) is 4.74 Å². The van der Waals surface area contributed by atoms with E-state index in [1.54, 1.807) is 14.0 Å². The van der Waals surface area contributed by atoms with Gasteiger partial charge in [-0.2, -0.15) is 4.98 Å². The Balaban J connectivity index is 2.43. The average Bonchev–Trinajstić information content (AvgIpc) is 2.41. The van der Waals surface area contributed by atoms with Crippen LogP contribution in [0.15, 0.2) is 30.3 Å². The summed E-state index contributed by atoms with van der Waals surface area (Å²) in [4.78, 5) is 14.4. The first-order chi connectivity index (χ1) is 9.51. The quantitative estimate of drug-likeness (QED) is 0.685.